The summed E-state index contributed by atoms with van der Waals surface area (Å²) in [6.45, 7) is 4.30. The van der Waals surface area contributed by atoms with Gasteiger partial charge in [0, 0.05) is 5.56 Å². The molecule has 0 aliphatic carbocycles. The van der Waals surface area contributed by atoms with Gasteiger partial charge in [0.25, 0.3) is 0 Å². The number of rotatable bonds is 9. The van der Waals surface area contributed by atoms with Crippen molar-refractivity contribution in [2.75, 3.05) is 0 Å². The molecule has 0 aliphatic rings. The maximum Gasteiger partial charge on any atom is 2.00 e. The van der Waals surface area contributed by atoms with Gasteiger partial charge in [-0.25, -0.2) is 0 Å². The minimum atomic E-state index is -1.16. The average Bonchev–Trinajstić information content (AvgIpc) is 3.50. The van der Waals surface area contributed by atoms with E-state index in [1.165, 1.54) is 43.3 Å². The van der Waals surface area contributed by atoms with Crippen LogP contribution in [0.15, 0.2) is 140 Å². The Morgan fingerprint density at radius 1 is 0.500 bits per heavy atom. The van der Waals surface area contributed by atoms with Gasteiger partial charge in [-0.1, -0.05) is 97.1 Å². The molecule has 0 amide bonds. The fourth-order valence-corrected chi connectivity index (χ4v) is 11.5. The van der Waals surface area contributed by atoms with Crippen LogP contribution in [0.4, 0.5) is 0 Å². The summed E-state index contributed by atoms with van der Waals surface area (Å²) in [7, 11) is -2.17. The summed E-state index contributed by atoms with van der Waals surface area (Å²) in [5.41, 5.74) is 5.33. The first-order valence-electron chi connectivity index (χ1n) is 13.6. The number of hydrogen-bond acceptors (Lipinski definition) is 0. The molecule has 0 saturated carbocycles. The number of fused-ring (bicyclic) bond motifs is 1. The molecular formula is C36H33CuNP2+2. The Hall–Kier alpha value is -2.98. The predicted molar refractivity (Wildman–Crippen MR) is 175 cm³/mol. The minimum Gasteiger partial charge on any atom is -0.663 e. The fraction of sp³-hybridized carbons (Fsp3) is 0.0833. The Bertz CT molecular complexity index is 1620. The Morgan fingerprint density at radius 2 is 1.02 bits per heavy atom. The second-order valence-electron chi connectivity index (χ2n) is 9.91. The topological polar surface area (TPSA) is 14.1 Å². The van der Waals surface area contributed by atoms with Gasteiger partial charge in [-0.2, -0.15) is 12.6 Å². The smallest absolute Gasteiger partial charge is 0.663 e. The number of para-hydroxylation sites is 1. The Morgan fingerprint density at radius 3 is 1.68 bits per heavy atom. The van der Waals surface area contributed by atoms with Crippen LogP contribution in [0.2, 0.25) is 0 Å². The van der Waals surface area contributed by atoms with Crippen molar-refractivity contribution in [1.29, 1.82) is 0 Å². The quantitative estimate of drug-likeness (QED) is 0.0995. The summed E-state index contributed by atoms with van der Waals surface area (Å²) >= 11 is 0. The molecule has 1 unspecified atom stereocenters. The molecule has 0 spiro atoms. The largest absolute Gasteiger partial charge is 2.00 e. The molecule has 1 radical (unpaired) electrons. The molecule has 0 N–H and O–H groups in total. The molecule has 1 nitrogen and oxygen atoms in total. The molecular weight excluding hydrogens is 572 g/mol. The van der Waals surface area contributed by atoms with Crippen molar-refractivity contribution in [2.24, 2.45) is 0 Å². The molecule has 201 valence electrons. The van der Waals surface area contributed by atoms with Gasteiger partial charge in [0.2, 0.25) is 0 Å². The van der Waals surface area contributed by atoms with E-state index < -0.39 is 15.8 Å². The number of benzene rings is 5. The van der Waals surface area contributed by atoms with E-state index >= 15 is 0 Å². The molecule has 1 heterocycles. The third kappa shape index (κ3) is 6.17. The standard InChI is InChI=1S/C36H31NP2.Cu/c1-2-28-14-9-11-22-34(28)39(27-31-17-13-16-29-24-25-37-36(29)31)35-23-12-10-15-30(35)26-38(32-18-5-3-6-19-32)33-20-7-4-8-21-33;/h3-25H,1-2,26-27H2;/q-2;+2/p+2. The van der Waals surface area contributed by atoms with Crippen LogP contribution in [0.25, 0.3) is 10.9 Å². The number of aromatic nitrogens is 1. The summed E-state index contributed by atoms with van der Waals surface area (Å²) in [6, 6.07) is 49.2. The summed E-state index contributed by atoms with van der Waals surface area (Å²) in [5, 5.41) is 7.14. The van der Waals surface area contributed by atoms with Gasteiger partial charge < -0.3 is 11.9 Å². The first kappa shape index (κ1) is 28.5. The van der Waals surface area contributed by atoms with Gasteiger partial charge in [0.15, 0.2) is 0 Å². The Kier molecular flexibility index (Phi) is 9.70. The third-order valence-electron chi connectivity index (χ3n) is 7.54. The van der Waals surface area contributed by atoms with Crippen molar-refractivity contribution in [3.63, 3.8) is 0 Å². The third-order valence-corrected chi connectivity index (χ3v) is 13.3. The van der Waals surface area contributed by atoms with Crippen molar-refractivity contribution >= 4 is 48.0 Å². The molecule has 1 aromatic heterocycles. The molecule has 0 fully saturated rings. The van der Waals surface area contributed by atoms with E-state index in [2.05, 4.69) is 140 Å². The van der Waals surface area contributed by atoms with Crippen LogP contribution < -0.4 is 26.2 Å². The van der Waals surface area contributed by atoms with E-state index in [-0.39, 0.29) is 17.1 Å². The van der Waals surface area contributed by atoms with Crippen LogP contribution in [0.3, 0.4) is 0 Å². The van der Waals surface area contributed by atoms with Crippen molar-refractivity contribution in [3.05, 3.63) is 163 Å². The van der Waals surface area contributed by atoms with Crippen LogP contribution in [0.5, 0.6) is 0 Å². The average molecular weight is 605 g/mol. The minimum absolute atomic E-state index is 0. The summed E-state index contributed by atoms with van der Waals surface area (Å²) in [5.74, 6) is 0. The second-order valence-corrected chi connectivity index (χ2v) is 14.8. The molecule has 0 bridgehead atoms. The van der Waals surface area contributed by atoms with E-state index in [9.17, 15) is 0 Å². The molecule has 1 atom stereocenters. The van der Waals surface area contributed by atoms with Crippen molar-refractivity contribution in [1.82, 2.24) is 4.98 Å². The van der Waals surface area contributed by atoms with Crippen molar-refractivity contribution < 1.29 is 17.1 Å². The zero-order chi connectivity index (χ0) is 26.4. The molecule has 5 aromatic carbocycles. The van der Waals surface area contributed by atoms with Gasteiger partial charge in [-0.15, -0.1) is 5.52 Å². The Labute approximate surface area is 251 Å². The first-order chi connectivity index (χ1) is 19.3. The number of nitrogens with zero attached hydrogens (tertiary/aromatic N) is 1. The van der Waals surface area contributed by atoms with Crippen LogP contribution in [0.1, 0.15) is 16.7 Å². The van der Waals surface area contributed by atoms with Crippen LogP contribution in [-0.4, -0.2) is 0 Å². The van der Waals surface area contributed by atoms with E-state index in [1.807, 2.05) is 6.20 Å². The summed E-state index contributed by atoms with van der Waals surface area (Å²) < 4.78 is 0. The fourth-order valence-electron chi connectivity index (χ4n) is 5.61. The monoisotopic (exact) mass is 604 g/mol. The molecule has 6 aromatic rings. The Balaban J connectivity index is 0.00000323. The van der Waals surface area contributed by atoms with Crippen LogP contribution >= 0.6 is 15.8 Å². The van der Waals surface area contributed by atoms with E-state index in [1.54, 1.807) is 0 Å². The molecule has 0 aliphatic heterocycles. The van der Waals surface area contributed by atoms with Crippen molar-refractivity contribution in [2.45, 2.75) is 18.7 Å². The molecule has 6 rings (SSSR count). The predicted octanol–water partition coefficient (Wildman–Crippen LogP) is 6.90. The maximum atomic E-state index is 4.76. The zero-order valence-corrected chi connectivity index (χ0v) is 25.3. The SMILES string of the molecule is [CH2-]Cc1ccccc1[PH+](Cc1cccc2cc[n-]c12)c1ccccc1C[PH+](c1ccccc1)c1ccccc1.[Cu+2]. The van der Waals surface area contributed by atoms with Crippen LogP contribution in [-0.2, 0) is 35.8 Å². The van der Waals surface area contributed by atoms with E-state index in [0.717, 1.165) is 24.3 Å². The summed E-state index contributed by atoms with van der Waals surface area (Å²) in [6.07, 6.45) is 4.81. The molecule has 40 heavy (non-hydrogen) atoms. The van der Waals surface area contributed by atoms with Gasteiger partial charge in [0.1, 0.15) is 5.30 Å². The van der Waals surface area contributed by atoms with Gasteiger partial charge in [-0.3, -0.25) is 0 Å². The van der Waals surface area contributed by atoms with Gasteiger partial charge in [0.05, 0.1) is 44.1 Å². The normalized spacial score (nSPS) is 11.8. The van der Waals surface area contributed by atoms with E-state index in [4.69, 9.17) is 4.98 Å². The van der Waals surface area contributed by atoms with Crippen LogP contribution in [0, 0.1) is 6.92 Å². The van der Waals surface area contributed by atoms with Gasteiger partial charge in [-0.05, 0) is 52.9 Å². The van der Waals surface area contributed by atoms with Gasteiger partial charge >= 0.3 is 17.1 Å². The summed E-state index contributed by atoms with van der Waals surface area (Å²) in [4.78, 5) is 4.76. The second kappa shape index (κ2) is 13.6. The maximum absolute atomic E-state index is 4.76. The number of hydrogen-bond donors (Lipinski definition) is 0. The van der Waals surface area contributed by atoms with E-state index in [0.29, 0.717) is 0 Å². The zero-order valence-electron chi connectivity index (χ0n) is 22.4. The molecule has 4 heteroatoms. The van der Waals surface area contributed by atoms with Crippen molar-refractivity contribution in [3.8, 4) is 0 Å². The molecule has 0 saturated heterocycles. The first-order valence-corrected chi connectivity index (χ1v) is 17.0.